The van der Waals surface area contributed by atoms with E-state index < -0.39 is 12.1 Å². The first-order chi connectivity index (χ1) is 14.9. The van der Waals surface area contributed by atoms with Crippen LogP contribution >= 0.6 is 50.7 Å². The topological polar surface area (TPSA) is 71.5 Å². The zero-order valence-corrected chi connectivity index (χ0v) is 20.5. The van der Waals surface area contributed by atoms with Crippen LogP contribution in [-0.2, 0) is 4.74 Å². The van der Waals surface area contributed by atoms with Gasteiger partial charge in [-0.05, 0) is 42.3 Å². The largest absolute Gasteiger partial charge is 0.480 e. The fourth-order valence-electron chi connectivity index (χ4n) is 2.68. The Morgan fingerprint density at radius 3 is 2.38 bits per heavy atom. The molecule has 0 bridgehead atoms. The fraction of sp³-hybridized carbons (Fsp3) is 0.238. The van der Waals surface area contributed by atoms with Gasteiger partial charge < -0.3 is 10.5 Å². The Kier molecular flexibility index (Phi) is 9.45. The molecule has 0 spiro atoms. The van der Waals surface area contributed by atoms with E-state index >= 15 is 0 Å². The van der Waals surface area contributed by atoms with E-state index in [1.165, 1.54) is 6.08 Å². The Bertz CT molecular complexity index is 1040. The van der Waals surface area contributed by atoms with Gasteiger partial charge in [0.2, 0.25) is 5.90 Å². The molecule has 0 aromatic heterocycles. The summed E-state index contributed by atoms with van der Waals surface area (Å²) >= 11 is 21.0. The van der Waals surface area contributed by atoms with E-state index in [1.807, 2.05) is 0 Å². The van der Waals surface area contributed by atoms with Gasteiger partial charge in [0, 0.05) is 10.0 Å². The van der Waals surface area contributed by atoms with Crippen LogP contribution in [0.4, 0.5) is 13.2 Å². The van der Waals surface area contributed by atoms with Crippen LogP contribution in [0.1, 0.15) is 29.5 Å². The van der Waals surface area contributed by atoms with E-state index in [0.717, 1.165) is 18.2 Å². The Hall–Kier alpha value is -1.74. The van der Waals surface area contributed by atoms with E-state index in [2.05, 4.69) is 20.9 Å². The van der Waals surface area contributed by atoms with Crippen molar-refractivity contribution < 1.29 is 17.9 Å². The second-order valence-electron chi connectivity index (χ2n) is 6.47. The molecule has 0 amide bonds. The second kappa shape index (κ2) is 11.4. The molecule has 0 aliphatic carbocycles. The smallest absolute Gasteiger partial charge is 0.399 e. The molecule has 11 heteroatoms. The molecule has 0 fully saturated rings. The zero-order valence-electron chi connectivity index (χ0n) is 16.6. The van der Waals surface area contributed by atoms with Crippen molar-refractivity contribution in [1.29, 1.82) is 5.41 Å². The first kappa shape index (κ1) is 26.5. The minimum Gasteiger partial charge on any atom is -0.480 e. The average molecular weight is 572 g/mol. The molecular formula is C21H18BrCl3F3N3O. The maximum Gasteiger partial charge on any atom is 0.399 e. The maximum atomic E-state index is 13.7. The number of amidine groups is 1. The summed E-state index contributed by atoms with van der Waals surface area (Å²) in [7, 11) is 0. The van der Waals surface area contributed by atoms with E-state index in [9.17, 15) is 13.2 Å². The number of nitrogens with one attached hydrogen (secondary N) is 1. The van der Waals surface area contributed by atoms with Crippen molar-refractivity contribution in [2.45, 2.75) is 19.0 Å². The lowest BCUT2D eigenvalue weighted by Gasteiger charge is -2.18. The lowest BCUT2D eigenvalue weighted by molar-refractivity contribution is -0.139. The molecule has 0 aliphatic heterocycles. The molecule has 2 rings (SSSR count). The summed E-state index contributed by atoms with van der Waals surface area (Å²) in [5, 5.41) is 7.44. The number of alkyl halides is 3. The Balaban J connectivity index is 2.30. The molecule has 2 aromatic carbocycles. The molecule has 0 saturated heterocycles. The van der Waals surface area contributed by atoms with Crippen LogP contribution in [0.2, 0.25) is 15.1 Å². The molecule has 3 N–H and O–H groups in total. The molecule has 4 nitrogen and oxygen atoms in total. The first-order valence-electron chi connectivity index (χ1n) is 9.13. The van der Waals surface area contributed by atoms with Crippen LogP contribution in [0.3, 0.4) is 0 Å². The monoisotopic (exact) mass is 569 g/mol. The Morgan fingerprint density at radius 1 is 1.22 bits per heavy atom. The van der Waals surface area contributed by atoms with Gasteiger partial charge in [0.1, 0.15) is 12.4 Å². The predicted octanol–water partition coefficient (Wildman–Crippen LogP) is 7.49. The highest BCUT2D eigenvalue weighted by molar-refractivity contribution is 9.10. The van der Waals surface area contributed by atoms with Gasteiger partial charge in [-0.2, -0.15) is 13.2 Å². The highest BCUT2D eigenvalue weighted by Crippen LogP contribution is 2.41. The molecular weight excluding hydrogens is 554 g/mol. The van der Waals surface area contributed by atoms with Crippen molar-refractivity contribution in [3.8, 4) is 0 Å². The number of rotatable bonds is 7. The highest BCUT2D eigenvalue weighted by Gasteiger charge is 2.39. The second-order valence-corrected chi connectivity index (χ2v) is 8.52. The van der Waals surface area contributed by atoms with E-state index in [-0.39, 0.29) is 38.9 Å². The third kappa shape index (κ3) is 7.13. The Labute approximate surface area is 206 Å². The minimum atomic E-state index is -4.57. The third-order valence-electron chi connectivity index (χ3n) is 4.18. The normalized spacial score (nSPS) is 13.4. The molecule has 1 unspecified atom stereocenters. The summed E-state index contributed by atoms with van der Waals surface area (Å²) in [6.07, 6.45) is -2.23. The van der Waals surface area contributed by atoms with E-state index in [4.69, 9.17) is 50.7 Å². The maximum absolute atomic E-state index is 13.7. The number of halogens is 7. The van der Waals surface area contributed by atoms with Crippen molar-refractivity contribution in [3.05, 3.63) is 72.6 Å². The third-order valence-corrected chi connectivity index (χ3v) is 6.03. The average Bonchev–Trinajstić information content (AvgIpc) is 2.69. The van der Waals surface area contributed by atoms with Crippen molar-refractivity contribution >= 4 is 68.5 Å². The SMILES string of the molecule is CCOC(=N)CN=C(N)c1ccc(/C=C/C(c2cc(Cl)c(Cl)c(Cl)c2)C(F)(F)F)cc1Br. The van der Waals surface area contributed by atoms with Gasteiger partial charge in [-0.15, -0.1) is 0 Å². The summed E-state index contributed by atoms with van der Waals surface area (Å²) in [4.78, 5) is 4.09. The summed E-state index contributed by atoms with van der Waals surface area (Å²) in [6, 6.07) is 7.12. The van der Waals surface area contributed by atoms with Gasteiger partial charge >= 0.3 is 6.18 Å². The number of nitrogens with two attached hydrogens (primary N) is 1. The molecule has 1 atom stereocenters. The van der Waals surface area contributed by atoms with Crippen molar-refractivity contribution in [2.24, 2.45) is 10.7 Å². The predicted molar refractivity (Wildman–Crippen MR) is 128 cm³/mol. The van der Waals surface area contributed by atoms with Crippen molar-refractivity contribution in [1.82, 2.24) is 0 Å². The molecule has 0 radical (unpaired) electrons. The highest BCUT2D eigenvalue weighted by atomic mass is 79.9. The zero-order chi connectivity index (χ0) is 24.1. The molecule has 2 aromatic rings. The van der Waals surface area contributed by atoms with Crippen molar-refractivity contribution in [3.63, 3.8) is 0 Å². The van der Waals surface area contributed by atoms with Gasteiger partial charge in [0.05, 0.1) is 27.6 Å². The lowest BCUT2D eigenvalue weighted by atomic mass is 9.97. The Morgan fingerprint density at radius 2 is 1.84 bits per heavy atom. The number of benzene rings is 2. The molecule has 32 heavy (non-hydrogen) atoms. The van der Waals surface area contributed by atoms with Crippen LogP contribution < -0.4 is 5.73 Å². The van der Waals surface area contributed by atoms with Crippen LogP contribution in [0.25, 0.3) is 6.08 Å². The number of aliphatic imine (C=N–C) groups is 1. The molecule has 0 saturated carbocycles. The number of hydrogen-bond acceptors (Lipinski definition) is 3. The summed E-state index contributed by atoms with van der Waals surface area (Å²) in [5.74, 6) is -1.80. The van der Waals surface area contributed by atoms with Gasteiger partial charge in [0.25, 0.3) is 0 Å². The first-order valence-corrected chi connectivity index (χ1v) is 11.1. The quantitative estimate of drug-likeness (QED) is 0.205. The van der Waals surface area contributed by atoms with E-state index in [1.54, 1.807) is 25.1 Å². The van der Waals surface area contributed by atoms with Crippen LogP contribution in [-0.4, -0.2) is 31.1 Å². The summed E-state index contributed by atoms with van der Waals surface area (Å²) in [6.45, 7) is 2.09. The minimum absolute atomic E-state index is 0.00264. The lowest BCUT2D eigenvalue weighted by Crippen LogP contribution is -2.19. The van der Waals surface area contributed by atoms with Gasteiger partial charge in [0.15, 0.2) is 0 Å². The van der Waals surface area contributed by atoms with Gasteiger partial charge in [-0.1, -0.05) is 69.0 Å². The van der Waals surface area contributed by atoms with Crippen LogP contribution in [0.15, 0.2) is 45.9 Å². The van der Waals surface area contributed by atoms with E-state index in [0.29, 0.717) is 22.2 Å². The number of ether oxygens (including phenoxy) is 1. The fourth-order valence-corrected chi connectivity index (χ4v) is 3.89. The number of hydrogen-bond donors (Lipinski definition) is 2. The van der Waals surface area contributed by atoms with Crippen LogP contribution in [0, 0.1) is 5.41 Å². The standard InChI is InChI=1S/C21H18BrCl3F3N3O/c1-2-32-18(29)10-31-20(30)13-5-3-11(7-15(13)22)4-6-14(21(26,27)28)12-8-16(23)19(25)17(24)9-12/h3-9,14,29H,2,10H2,1H3,(H2,30,31)/b6-4+,29-18?. The summed E-state index contributed by atoms with van der Waals surface area (Å²) < 4.78 is 46.6. The van der Waals surface area contributed by atoms with Crippen LogP contribution in [0.5, 0.6) is 0 Å². The molecule has 172 valence electrons. The van der Waals surface area contributed by atoms with Gasteiger partial charge in [-0.3, -0.25) is 10.4 Å². The number of allylic oxidation sites excluding steroid dienone is 1. The molecule has 0 heterocycles. The summed E-state index contributed by atoms with van der Waals surface area (Å²) in [5.41, 5.74) is 6.86. The molecule has 0 aliphatic rings. The van der Waals surface area contributed by atoms with Crippen molar-refractivity contribution in [2.75, 3.05) is 13.2 Å². The van der Waals surface area contributed by atoms with Gasteiger partial charge in [-0.25, -0.2) is 0 Å². The number of nitrogens with zero attached hydrogens (tertiary/aromatic N) is 1.